The van der Waals surface area contributed by atoms with Gasteiger partial charge in [-0.15, -0.1) is 0 Å². The van der Waals surface area contributed by atoms with Gasteiger partial charge in [-0.3, -0.25) is 0 Å². The first-order valence-corrected chi connectivity index (χ1v) is 13.2. The summed E-state index contributed by atoms with van der Waals surface area (Å²) in [4.78, 5) is 0. The van der Waals surface area contributed by atoms with E-state index in [1.807, 2.05) is 6.07 Å². The number of benzene rings is 5. The monoisotopic (exact) mass is 594 g/mol. The van der Waals surface area contributed by atoms with E-state index in [4.69, 9.17) is 0 Å². The van der Waals surface area contributed by atoms with Gasteiger partial charge in [0.1, 0.15) is 12.1 Å². The lowest BCUT2D eigenvalue weighted by Gasteiger charge is -2.21. The van der Waals surface area contributed by atoms with Crippen LogP contribution in [-0.2, 0) is 12.4 Å². The summed E-state index contributed by atoms with van der Waals surface area (Å²) in [5, 5.41) is 22.2. The Balaban J connectivity index is 1.78. The Morgan fingerprint density at radius 2 is 1.00 bits per heavy atom. The summed E-state index contributed by atoms with van der Waals surface area (Å²) in [5.41, 5.74) is -2.01. The van der Waals surface area contributed by atoms with Crippen LogP contribution in [0.3, 0.4) is 0 Å². The van der Waals surface area contributed by atoms with Crippen LogP contribution in [-0.4, -0.2) is 9.13 Å². The minimum atomic E-state index is -5.10. The number of nitrogens with zero attached hydrogens (tertiary/aromatic N) is 4. The summed E-state index contributed by atoms with van der Waals surface area (Å²) in [6, 6.07) is 27.6. The Morgan fingerprint density at radius 1 is 0.477 bits per heavy atom. The Labute approximate surface area is 244 Å². The number of aromatic nitrogens is 2. The van der Waals surface area contributed by atoms with Crippen LogP contribution in [0.2, 0.25) is 0 Å². The van der Waals surface area contributed by atoms with Gasteiger partial charge in [0.05, 0.1) is 55.7 Å². The van der Waals surface area contributed by atoms with Crippen molar-refractivity contribution in [2.75, 3.05) is 0 Å². The molecule has 0 atom stereocenters. The molecule has 7 rings (SSSR count). The molecule has 0 bridgehead atoms. The fourth-order valence-corrected chi connectivity index (χ4v) is 6.19. The number of halogens is 6. The first-order valence-electron chi connectivity index (χ1n) is 13.2. The molecule has 0 spiro atoms. The molecule has 4 nitrogen and oxygen atoms in total. The predicted molar refractivity (Wildman–Crippen MR) is 155 cm³/mol. The Kier molecular flexibility index (Phi) is 5.78. The zero-order chi connectivity index (χ0) is 31.0. The van der Waals surface area contributed by atoms with Crippen LogP contribution in [0.15, 0.2) is 97.1 Å². The normalized spacial score (nSPS) is 12.3. The van der Waals surface area contributed by atoms with E-state index >= 15 is 0 Å². The summed E-state index contributed by atoms with van der Waals surface area (Å²) in [6.07, 6.45) is -10.2. The minimum Gasteiger partial charge on any atom is -0.308 e. The van der Waals surface area contributed by atoms with E-state index in [-0.39, 0.29) is 27.8 Å². The van der Waals surface area contributed by atoms with E-state index in [9.17, 15) is 36.9 Å². The molecule has 0 unspecified atom stereocenters. The highest BCUT2D eigenvalue weighted by atomic mass is 19.4. The van der Waals surface area contributed by atoms with E-state index in [2.05, 4.69) is 12.1 Å². The molecule has 2 heterocycles. The van der Waals surface area contributed by atoms with Crippen molar-refractivity contribution in [3.8, 4) is 23.5 Å². The first-order chi connectivity index (χ1) is 21.1. The van der Waals surface area contributed by atoms with E-state index < -0.39 is 29.2 Å². The van der Waals surface area contributed by atoms with Crippen molar-refractivity contribution in [1.82, 2.24) is 9.13 Å². The third-order valence-corrected chi connectivity index (χ3v) is 7.84. The lowest BCUT2D eigenvalue weighted by atomic mass is 10.0. The fraction of sp³-hybridized carbons (Fsp3) is 0.0588. The van der Waals surface area contributed by atoms with Crippen LogP contribution in [0.25, 0.3) is 55.0 Å². The minimum absolute atomic E-state index is 0.0953. The van der Waals surface area contributed by atoms with Crippen LogP contribution in [0.1, 0.15) is 22.3 Å². The molecule has 7 aromatic rings. The number of rotatable bonds is 2. The third-order valence-electron chi connectivity index (χ3n) is 7.84. The Morgan fingerprint density at radius 3 is 1.57 bits per heavy atom. The summed E-state index contributed by atoms with van der Waals surface area (Å²) in [5.74, 6) is 0. The lowest BCUT2D eigenvalue weighted by molar-refractivity contribution is -0.142. The molecule has 0 fully saturated rings. The second-order valence-corrected chi connectivity index (χ2v) is 10.2. The molecule has 0 amide bonds. The quantitative estimate of drug-likeness (QED) is 0.187. The van der Waals surface area contributed by atoms with Gasteiger partial charge in [-0.25, -0.2) is 0 Å². The summed E-state index contributed by atoms with van der Waals surface area (Å²) < 4.78 is 89.2. The smallest absolute Gasteiger partial charge is 0.308 e. The molecule has 0 radical (unpaired) electrons. The molecule has 10 heteroatoms. The molecule has 5 aromatic carbocycles. The molecular weight excluding hydrogens is 578 g/mol. The van der Waals surface area contributed by atoms with Crippen molar-refractivity contribution in [2.45, 2.75) is 12.4 Å². The summed E-state index contributed by atoms with van der Waals surface area (Å²) in [6.45, 7) is 0. The number of hydrogen-bond donors (Lipinski definition) is 0. The SMILES string of the molecule is N#Cc1cccc(C#N)c1-n1c2ccccc2c2ccc3c(c4ccccc4n3-c3c(C(F)(F)F)cccc3C(F)(F)F)c21. The van der Waals surface area contributed by atoms with Crippen molar-refractivity contribution in [3.05, 3.63) is 119 Å². The molecule has 0 saturated carbocycles. The maximum Gasteiger partial charge on any atom is 0.418 e. The topological polar surface area (TPSA) is 57.4 Å². The van der Waals surface area contributed by atoms with Gasteiger partial charge >= 0.3 is 12.4 Å². The maximum absolute atomic E-state index is 14.4. The van der Waals surface area contributed by atoms with Gasteiger partial charge in [0, 0.05) is 21.5 Å². The molecule has 0 saturated heterocycles. The molecule has 0 aliphatic carbocycles. The number of nitriles is 2. The van der Waals surface area contributed by atoms with Gasteiger partial charge in [0.15, 0.2) is 0 Å². The van der Waals surface area contributed by atoms with Gasteiger partial charge in [-0.1, -0.05) is 54.6 Å². The van der Waals surface area contributed by atoms with E-state index in [0.29, 0.717) is 39.3 Å². The van der Waals surface area contributed by atoms with Gasteiger partial charge in [-0.2, -0.15) is 36.9 Å². The zero-order valence-corrected chi connectivity index (χ0v) is 22.3. The van der Waals surface area contributed by atoms with Crippen LogP contribution in [0.4, 0.5) is 26.3 Å². The van der Waals surface area contributed by atoms with Crippen LogP contribution in [0.5, 0.6) is 0 Å². The second kappa shape index (κ2) is 9.38. The van der Waals surface area contributed by atoms with Crippen molar-refractivity contribution in [1.29, 1.82) is 10.5 Å². The van der Waals surface area contributed by atoms with Crippen molar-refractivity contribution < 1.29 is 26.3 Å². The van der Waals surface area contributed by atoms with Gasteiger partial charge < -0.3 is 9.13 Å². The highest BCUT2D eigenvalue weighted by Crippen LogP contribution is 2.47. The highest BCUT2D eigenvalue weighted by molar-refractivity contribution is 6.26. The number of alkyl halides is 6. The van der Waals surface area contributed by atoms with Crippen LogP contribution >= 0.6 is 0 Å². The van der Waals surface area contributed by atoms with E-state index in [1.54, 1.807) is 65.2 Å². The largest absolute Gasteiger partial charge is 0.418 e. The van der Waals surface area contributed by atoms with Gasteiger partial charge in [0.25, 0.3) is 0 Å². The molecule has 44 heavy (non-hydrogen) atoms. The Bertz CT molecular complexity index is 2330. The van der Waals surface area contributed by atoms with Crippen molar-refractivity contribution in [2.24, 2.45) is 0 Å². The van der Waals surface area contributed by atoms with Gasteiger partial charge in [-0.05, 0) is 42.5 Å². The summed E-state index contributed by atoms with van der Waals surface area (Å²) in [7, 11) is 0. The van der Waals surface area contributed by atoms with E-state index in [1.165, 1.54) is 12.1 Å². The molecule has 0 N–H and O–H groups in total. The third kappa shape index (κ3) is 3.78. The molecule has 0 aliphatic heterocycles. The average Bonchev–Trinajstić information content (AvgIpc) is 3.52. The molecule has 214 valence electrons. The summed E-state index contributed by atoms with van der Waals surface area (Å²) >= 11 is 0. The van der Waals surface area contributed by atoms with Crippen molar-refractivity contribution >= 4 is 43.6 Å². The van der Waals surface area contributed by atoms with Crippen molar-refractivity contribution in [3.63, 3.8) is 0 Å². The highest BCUT2D eigenvalue weighted by Gasteiger charge is 2.42. The van der Waals surface area contributed by atoms with Gasteiger partial charge in [0.2, 0.25) is 0 Å². The fourth-order valence-electron chi connectivity index (χ4n) is 6.19. The second-order valence-electron chi connectivity index (χ2n) is 10.2. The predicted octanol–water partition coefficient (Wildman–Crippen LogP) is 9.66. The average molecular weight is 595 g/mol. The molecule has 2 aromatic heterocycles. The van der Waals surface area contributed by atoms with E-state index in [0.717, 1.165) is 16.0 Å². The number of fused-ring (bicyclic) bond motifs is 7. The maximum atomic E-state index is 14.4. The zero-order valence-electron chi connectivity index (χ0n) is 22.3. The Hall–Kier alpha value is -5.74. The molecule has 0 aliphatic rings. The number of para-hydroxylation sites is 4. The van der Waals surface area contributed by atoms with Crippen LogP contribution < -0.4 is 0 Å². The lowest BCUT2D eigenvalue weighted by Crippen LogP contribution is -2.17. The number of hydrogen-bond acceptors (Lipinski definition) is 2. The molecular formula is C34H16F6N4. The standard InChI is InChI=1S/C34H16F6N4/c35-33(36,37)24-11-6-12-25(34(38,39)40)32(24)43-27-14-4-2-10-23(27)29-28(43)16-15-22-21-9-1-3-13-26(21)44(31(22)29)30-19(17-41)7-5-8-20(30)18-42/h1-16H. The first kappa shape index (κ1) is 27.1. The van der Waals surface area contributed by atoms with Crippen LogP contribution in [0, 0.1) is 22.7 Å².